The lowest BCUT2D eigenvalue weighted by molar-refractivity contribution is 1.12. The molecule has 0 amide bonds. The number of hydrogen-bond acceptors (Lipinski definition) is 4. The topological polar surface area (TPSA) is 29.0 Å². The van der Waals surface area contributed by atoms with Crippen LogP contribution in [0, 0.1) is 0 Å². The average Bonchev–Trinajstić information content (AvgIpc) is 3.46. The van der Waals surface area contributed by atoms with E-state index in [9.17, 15) is 0 Å². The highest BCUT2D eigenvalue weighted by atomic mass is 32.1. The summed E-state index contributed by atoms with van der Waals surface area (Å²) < 4.78 is 2.33. The molecule has 7 aromatic carbocycles. The molecular formula is C40H23N3S. The smallest absolute Gasteiger partial charge is 0.235 e. The maximum atomic E-state index is 5.50. The highest BCUT2D eigenvalue weighted by Gasteiger charge is 2.30. The fourth-order valence-electron chi connectivity index (χ4n) is 7.08. The summed E-state index contributed by atoms with van der Waals surface area (Å²) in [5.41, 5.74) is 7.75. The monoisotopic (exact) mass is 577 g/mol. The summed E-state index contributed by atoms with van der Waals surface area (Å²) in [6.45, 7) is 0. The Morgan fingerprint density at radius 1 is 0.477 bits per heavy atom. The van der Waals surface area contributed by atoms with E-state index in [2.05, 4.69) is 144 Å². The zero-order valence-corrected chi connectivity index (χ0v) is 24.3. The Morgan fingerprint density at radius 3 is 2.00 bits per heavy atom. The van der Waals surface area contributed by atoms with Crippen LogP contribution in [0.1, 0.15) is 0 Å². The van der Waals surface area contributed by atoms with Crippen LogP contribution in [0.15, 0.2) is 140 Å². The second-order valence-electron chi connectivity index (χ2n) is 11.4. The van der Waals surface area contributed by atoms with E-state index in [1.165, 1.54) is 48.1 Å². The molecule has 204 valence electrons. The summed E-state index contributed by atoms with van der Waals surface area (Å²) in [7, 11) is 0. The van der Waals surface area contributed by atoms with Gasteiger partial charge in [-0.3, -0.25) is 4.90 Å². The highest BCUT2D eigenvalue weighted by molar-refractivity contribution is 7.26. The fourth-order valence-corrected chi connectivity index (χ4v) is 8.23. The third-order valence-corrected chi connectivity index (χ3v) is 10.2. The molecule has 1 aliphatic heterocycles. The van der Waals surface area contributed by atoms with Gasteiger partial charge in [0.15, 0.2) is 0 Å². The maximum Gasteiger partial charge on any atom is 0.235 e. The molecule has 0 atom stereocenters. The average molecular weight is 578 g/mol. The van der Waals surface area contributed by atoms with Crippen molar-refractivity contribution in [3.8, 4) is 22.4 Å². The summed E-state index contributed by atoms with van der Waals surface area (Å²) in [6, 6.07) is 50.0. The van der Waals surface area contributed by atoms with Gasteiger partial charge in [0.2, 0.25) is 5.95 Å². The minimum atomic E-state index is 0.683. The molecule has 1 aliphatic rings. The van der Waals surface area contributed by atoms with Crippen molar-refractivity contribution in [1.29, 1.82) is 0 Å². The van der Waals surface area contributed by atoms with Crippen LogP contribution >= 0.6 is 11.3 Å². The molecule has 0 fully saturated rings. The fraction of sp³-hybridized carbons (Fsp3) is 0. The number of anilines is 3. The molecule has 0 saturated carbocycles. The molecule has 44 heavy (non-hydrogen) atoms. The summed E-state index contributed by atoms with van der Waals surface area (Å²) in [4.78, 5) is 13.2. The van der Waals surface area contributed by atoms with Crippen molar-refractivity contribution in [3.05, 3.63) is 140 Å². The Morgan fingerprint density at radius 2 is 1.14 bits per heavy atom. The van der Waals surface area contributed by atoms with Crippen LogP contribution < -0.4 is 4.90 Å². The summed E-state index contributed by atoms with van der Waals surface area (Å²) in [5, 5.41) is 8.44. The van der Waals surface area contributed by atoms with E-state index < -0.39 is 0 Å². The molecule has 3 heterocycles. The van der Waals surface area contributed by atoms with Crippen molar-refractivity contribution in [1.82, 2.24) is 9.97 Å². The number of hydrogen-bond donors (Lipinski definition) is 0. The maximum absolute atomic E-state index is 5.50. The van der Waals surface area contributed by atoms with Crippen molar-refractivity contribution in [2.24, 2.45) is 0 Å². The van der Waals surface area contributed by atoms with Crippen LogP contribution in [0.2, 0.25) is 0 Å². The van der Waals surface area contributed by atoms with Gasteiger partial charge in [0, 0.05) is 26.6 Å². The van der Waals surface area contributed by atoms with Gasteiger partial charge in [-0.05, 0) is 50.7 Å². The first-order valence-corrected chi connectivity index (χ1v) is 15.7. The van der Waals surface area contributed by atoms with Gasteiger partial charge in [-0.1, -0.05) is 121 Å². The lowest BCUT2D eigenvalue weighted by Gasteiger charge is -2.33. The Labute approximate surface area is 257 Å². The van der Waals surface area contributed by atoms with Gasteiger partial charge in [0.25, 0.3) is 0 Å². The largest absolute Gasteiger partial charge is 0.278 e. The third kappa shape index (κ3) is 3.26. The summed E-state index contributed by atoms with van der Waals surface area (Å²) in [5.74, 6) is 0.683. The second-order valence-corrected chi connectivity index (χ2v) is 12.4. The number of aromatic nitrogens is 2. The molecule has 0 bridgehead atoms. The number of thiophene rings is 1. The van der Waals surface area contributed by atoms with Crippen molar-refractivity contribution in [2.45, 2.75) is 0 Å². The Hall–Kier alpha value is -5.58. The molecule has 0 N–H and O–H groups in total. The van der Waals surface area contributed by atoms with E-state index in [4.69, 9.17) is 9.97 Å². The lowest BCUT2D eigenvalue weighted by Crippen LogP contribution is -2.18. The van der Waals surface area contributed by atoms with Gasteiger partial charge in [0.1, 0.15) is 0 Å². The molecule has 3 nitrogen and oxygen atoms in total. The van der Waals surface area contributed by atoms with E-state index in [0.29, 0.717) is 5.95 Å². The highest BCUT2D eigenvalue weighted by Crippen LogP contribution is 2.53. The van der Waals surface area contributed by atoms with E-state index in [0.717, 1.165) is 38.2 Å². The van der Waals surface area contributed by atoms with Gasteiger partial charge < -0.3 is 0 Å². The SMILES string of the molecule is c1ccc2c(-c3nc(N4c5ccc6ccccc6c5-c5cccc6cccc4c56)nc4c3sc3ccccc34)cccc2c1. The molecule has 0 unspecified atom stereocenters. The molecule has 4 heteroatoms. The van der Waals surface area contributed by atoms with E-state index in [1.807, 2.05) is 0 Å². The molecule has 9 aromatic rings. The first-order valence-electron chi connectivity index (χ1n) is 14.8. The molecule has 10 rings (SSSR count). The van der Waals surface area contributed by atoms with E-state index in [1.54, 1.807) is 11.3 Å². The number of rotatable bonds is 2. The van der Waals surface area contributed by atoms with Crippen molar-refractivity contribution >= 4 is 81.3 Å². The van der Waals surface area contributed by atoms with Crippen molar-refractivity contribution in [2.75, 3.05) is 4.90 Å². The van der Waals surface area contributed by atoms with Crippen LogP contribution in [0.4, 0.5) is 17.3 Å². The Kier molecular flexibility index (Phi) is 4.87. The van der Waals surface area contributed by atoms with Crippen molar-refractivity contribution in [3.63, 3.8) is 0 Å². The Bertz CT molecular complexity index is 2620. The van der Waals surface area contributed by atoms with Gasteiger partial charge in [-0.2, -0.15) is 0 Å². The Balaban J connectivity index is 1.37. The van der Waals surface area contributed by atoms with Gasteiger partial charge in [0.05, 0.1) is 27.3 Å². The zero-order valence-electron chi connectivity index (χ0n) is 23.5. The van der Waals surface area contributed by atoms with Crippen LogP contribution in [0.5, 0.6) is 0 Å². The van der Waals surface area contributed by atoms with Crippen LogP contribution in [0.25, 0.3) is 75.0 Å². The van der Waals surface area contributed by atoms with Crippen LogP contribution in [-0.4, -0.2) is 9.97 Å². The minimum absolute atomic E-state index is 0.683. The third-order valence-electron chi connectivity index (χ3n) is 8.99. The van der Waals surface area contributed by atoms with Crippen LogP contribution in [0.3, 0.4) is 0 Å². The summed E-state index contributed by atoms with van der Waals surface area (Å²) >= 11 is 1.77. The minimum Gasteiger partial charge on any atom is -0.278 e. The van der Waals surface area contributed by atoms with E-state index in [-0.39, 0.29) is 0 Å². The van der Waals surface area contributed by atoms with Gasteiger partial charge in [-0.15, -0.1) is 11.3 Å². The normalized spacial score (nSPS) is 12.5. The zero-order chi connectivity index (χ0) is 28.8. The molecular weight excluding hydrogens is 555 g/mol. The molecule has 0 saturated heterocycles. The number of nitrogens with zero attached hydrogens (tertiary/aromatic N) is 3. The first-order chi connectivity index (χ1) is 21.8. The van der Waals surface area contributed by atoms with E-state index >= 15 is 0 Å². The standard InChI is InChI=1S/C40H23N3S/c1-3-15-27-24(10-1)12-7-18-29(27)37-39-38(30-17-5-6-21-34(30)44-39)42-40(41-37)43-32-20-9-14-26-13-8-19-31(35(26)32)36-28-16-4-2-11-25(28)22-23-33(36)43/h1-23H. The van der Waals surface area contributed by atoms with Gasteiger partial charge in [-0.25, -0.2) is 9.97 Å². The first kappa shape index (κ1) is 23.9. The van der Waals surface area contributed by atoms with Gasteiger partial charge >= 0.3 is 0 Å². The summed E-state index contributed by atoms with van der Waals surface area (Å²) in [6.07, 6.45) is 0. The second kappa shape index (κ2) is 8.96. The predicted octanol–water partition coefficient (Wildman–Crippen LogP) is 11.4. The molecule has 0 spiro atoms. The lowest BCUT2D eigenvalue weighted by atomic mass is 9.88. The predicted molar refractivity (Wildman–Crippen MR) is 187 cm³/mol. The van der Waals surface area contributed by atoms with Crippen LogP contribution in [-0.2, 0) is 0 Å². The quantitative estimate of drug-likeness (QED) is 0.205. The molecule has 0 radical (unpaired) electrons. The molecule has 0 aliphatic carbocycles. The van der Waals surface area contributed by atoms with Crippen molar-refractivity contribution < 1.29 is 0 Å². The molecule has 2 aromatic heterocycles. The number of benzene rings is 7. The number of fused-ring (bicyclic) bond motifs is 8.